The average Bonchev–Trinajstić information content (AvgIpc) is 2.58. The molecule has 3 nitrogen and oxygen atoms in total. The molecule has 0 amide bonds. The van der Waals surface area contributed by atoms with Gasteiger partial charge < -0.3 is 0 Å². The summed E-state index contributed by atoms with van der Waals surface area (Å²) >= 11 is 5.34. The van der Waals surface area contributed by atoms with Gasteiger partial charge in [-0.2, -0.15) is 0 Å². The second kappa shape index (κ2) is 4.85. The Kier molecular flexibility index (Phi) is 3.05. The van der Waals surface area contributed by atoms with Gasteiger partial charge in [-0.15, -0.1) is 0 Å². The highest BCUT2D eigenvalue weighted by molar-refractivity contribution is 7.80. The van der Waals surface area contributed by atoms with Crippen molar-refractivity contribution in [2.45, 2.75) is 0 Å². The third kappa shape index (κ3) is 2.13. The number of para-hydroxylation sites is 1. The van der Waals surface area contributed by atoms with Gasteiger partial charge in [0.05, 0.1) is 12.2 Å². The number of thiocarbonyl (C=S) groups is 1. The lowest BCUT2D eigenvalue weighted by molar-refractivity contribution is 0.623. The Balaban J connectivity index is 2.20. The van der Waals surface area contributed by atoms with Crippen LogP contribution in [0.25, 0.3) is 0 Å². The van der Waals surface area contributed by atoms with Gasteiger partial charge in [0.15, 0.2) is 11.6 Å². The van der Waals surface area contributed by atoms with E-state index in [1.54, 1.807) is 23.4 Å². The summed E-state index contributed by atoms with van der Waals surface area (Å²) in [5.41, 5.74) is 1.69. The van der Waals surface area contributed by atoms with Gasteiger partial charge in [-0.25, -0.2) is 9.37 Å². The zero-order valence-electron chi connectivity index (χ0n) is 9.95. The number of anilines is 2. The second-order valence-corrected chi connectivity index (χ2v) is 4.54. The van der Waals surface area contributed by atoms with E-state index in [9.17, 15) is 4.39 Å². The van der Waals surface area contributed by atoms with Gasteiger partial charge in [0, 0.05) is 18.0 Å². The largest absolute Gasteiger partial charge is 0.285 e. The Hall–Kier alpha value is -2.14. The molecular formula is C14H10FN3S. The van der Waals surface area contributed by atoms with Gasteiger partial charge in [0.2, 0.25) is 0 Å². The van der Waals surface area contributed by atoms with Crippen LogP contribution in [-0.4, -0.2) is 22.7 Å². The maximum atomic E-state index is 14.0. The van der Waals surface area contributed by atoms with Crippen molar-refractivity contribution in [1.29, 1.82) is 0 Å². The van der Waals surface area contributed by atoms with Crippen LogP contribution in [0.15, 0.2) is 47.6 Å². The van der Waals surface area contributed by atoms with Crippen molar-refractivity contribution in [3.8, 4) is 0 Å². The molecule has 5 heteroatoms. The number of pyridine rings is 1. The molecule has 1 aliphatic rings. The van der Waals surface area contributed by atoms with Crippen molar-refractivity contribution in [3.05, 3.63) is 54.0 Å². The number of aliphatic imine (C=N–C) groups is 1. The van der Waals surface area contributed by atoms with Gasteiger partial charge in [0.1, 0.15) is 4.99 Å². The average molecular weight is 271 g/mol. The summed E-state index contributed by atoms with van der Waals surface area (Å²) in [6, 6.07) is 10.5. The summed E-state index contributed by atoms with van der Waals surface area (Å²) in [5, 5.41) is 0. The van der Waals surface area contributed by atoms with E-state index in [1.807, 2.05) is 24.3 Å². The lowest BCUT2D eigenvalue weighted by Gasteiger charge is -2.23. The van der Waals surface area contributed by atoms with Crippen LogP contribution in [0, 0.1) is 5.82 Å². The third-order valence-electron chi connectivity index (χ3n) is 2.83. The number of nitrogens with zero attached hydrogens (tertiary/aromatic N) is 3. The zero-order chi connectivity index (χ0) is 13.2. The lowest BCUT2D eigenvalue weighted by Crippen LogP contribution is -2.27. The first-order valence-electron chi connectivity index (χ1n) is 5.80. The van der Waals surface area contributed by atoms with Crippen LogP contribution in [0.5, 0.6) is 0 Å². The fraction of sp³-hybridized carbons (Fsp3) is 0.0714. The molecule has 0 saturated heterocycles. The molecule has 1 aromatic carbocycles. The van der Waals surface area contributed by atoms with E-state index in [2.05, 4.69) is 9.98 Å². The third-order valence-corrected chi connectivity index (χ3v) is 3.15. The number of benzene rings is 1. The summed E-state index contributed by atoms with van der Waals surface area (Å²) in [4.78, 5) is 10.5. The Morgan fingerprint density at radius 3 is 2.84 bits per heavy atom. The van der Waals surface area contributed by atoms with Crippen molar-refractivity contribution < 1.29 is 4.39 Å². The van der Waals surface area contributed by atoms with Crippen LogP contribution >= 0.6 is 12.2 Å². The van der Waals surface area contributed by atoms with Crippen molar-refractivity contribution in [2.24, 2.45) is 4.99 Å². The fourth-order valence-corrected chi connectivity index (χ4v) is 2.26. The molecule has 0 spiro atoms. The summed E-state index contributed by atoms with van der Waals surface area (Å²) in [6.07, 6.45) is 3.30. The maximum Gasteiger partial charge on any atom is 0.174 e. The zero-order valence-corrected chi connectivity index (χ0v) is 10.8. The van der Waals surface area contributed by atoms with Crippen molar-refractivity contribution in [1.82, 2.24) is 4.98 Å². The molecule has 1 aromatic heterocycles. The standard InChI is InChI=1S/C14H10FN3S/c15-11-5-3-7-17-14(11)18-12-6-2-1-4-10(12)8-16-9-13(18)19/h1-8H,9H2. The minimum absolute atomic E-state index is 0.213. The first-order chi connectivity index (χ1) is 9.27. The van der Waals surface area contributed by atoms with Gasteiger partial charge in [-0.3, -0.25) is 9.89 Å². The first kappa shape index (κ1) is 11.9. The molecule has 0 radical (unpaired) electrons. The van der Waals surface area contributed by atoms with Crippen LogP contribution in [0.3, 0.4) is 0 Å². The normalized spacial score (nSPS) is 14.2. The van der Waals surface area contributed by atoms with Crippen LogP contribution in [-0.2, 0) is 0 Å². The van der Waals surface area contributed by atoms with E-state index >= 15 is 0 Å². The van der Waals surface area contributed by atoms with E-state index < -0.39 is 5.82 Å². The molecule has 3 rings (SSSR count). The predicted octanol–water partition coefficient (Wildman–Crippen LogP) is 3.12. The van der Waals surface area contributed by atoms with E-state index in [1.165, 1.54) is 6.07 Å². The highest BCUT2D eigenvalue weighted by Gasteiger charge is 2.22. The molecule has 0 unspecified atom stereocenters. The molecule has 2 aromatic rings. The van der Waals surface area contributed by atoms with Crippen LogP contribution in [0.1, 0.15) is 5.56 Å². The summed E-state index contributed by atoms with van der Waals surface area (Å²) in [7, 11) is 0. The number of hydrogen-bond donors (Lipinski definition) is 0. The Morgan fingerprint density at radius 2 is 2.00 bits per heavy atom. The molecule has 1 aliphatic heterocycles. The number of fused-ring (bicyclic) bond motifs is 1. The Bertz CT molecular complexity index is 669. The lowest BCUT2D eigenvalue weighted by atomic mass is 10.1. The number of rotatable bonds is 1. The molecule has 0 atom stereocenters. The Morgan fingerprint density at radius 1 is 1.16 bits per heavy atom. The number of aromatic nitrogens is 1. The van der Waals surface area contributed by atoms with E-state index in [-0.39, 0.29) is 5.82 Å². The quantitative estimate of drug-likeness (QED) is 0.746. The first-order valence-corrected chi connectivity index (χ1v) is 6.20. The summed E-state index contributed by atoms with van der Waals surface area (Å²) < 4.78 is 14.0. The van der Waals surface area contributed by atoms with E-state index in [4.69, 9.17) is 12.2 Å². The topological polar surface area (TPSA) is 28.5 Å². The van der Waals surface area contributed by atoms with Crippen LogP contribution in [0.2, 0.25) is 0 Å². The SMILES string of the molecule is Fc1cccnc1N1C(=S)CN=Cc2ccccc21. The van der Waals surface area contributed by atoms with Crippen molar-refractivity contribution >= 4 is 34.9 Å². The van der Waals surface area contributed by atoms with Gasteiger partial charge >= 0.3 is 0 Å². The van der Waals surface area contributed by atoms with E-state index in [0.717, 1.165) is 11.3 Å². The van der Waals surface area contributed by atoms with Crippen LogP contribution < -0.4 is 4.90 Å². The molecule has 0 aliphatic carbocycles. The second-order valence-electron chi connectivity index (χ2n) is 4.07. The monoisotopic (exact) mass is 271 g/mol. The van der Waals surface area contributed by atoms with Crippen molar-refractivity contribution in [2.75, 3.05) is 11.4 Å². The number of halogens is 1. The molecule has 0 fully saturated rings. The number of hydrogen-bond acceptors (Lipinski definition) is 3. The van der Waals surface area contributed by atoms with Gasteiger partial charge in [-0.05, 0) is 18.2 Å². The highest BCUT2D eigenvalue weighted by Crippen LogP contribution is 2.30. The van der Waals surface area contributed by atoms with Gasteiger partial charge in [0.25, 0.3) is 0 Å². The van der Waals surface area contributed by atoms with Crippen LogP contribution in [0.4, 0.5) is 15.9 Å². The van der Waals surface area contributed by atoms with E-state index in [0.29, 0.717) is 11.5 Å². The van der Waals surface area contributed by atoms with Gasteiger partial charge in [-0.1, -0.05) is 30.4 Å². The number of benzodiazepines with no additional fused rings is 1. The molecule has 2 heterocycles. The fourth-order valence-electron chi connectivity index (χ4n) is 2.00. The smallest absolute Gasteiger partial charge is 0.174 e. The predicted molar refractivity (Wildman–Crippen MR) is 77.8 cm³/mol. The molecule has 19 heavy (non-hydrogen) atoms. The minimum atomic E-state index is -0.401. The maximum absolute atomic E-state index is 14.0. The molecule has 0 bridgehead atoms. The molecular weight excluding hydrogens is 261 g/mol. The summed E-state index contributed by atoms with van der Waals surface area (Å²) in [6.45, 7) is 0.347. The molecule has 0 N–H and O–H groups in total. The summed E-state index contributed by atoms with van der Waals surface area (Å²) in [5.74, 6) is -0.188. The highest BCUT2D eigenvalue weighted by atomic mass is 32.1. The molecule has 94 valence electrons. The Labute approximate surface area is 115 Å². The van der Waals surface area contributed by atoms with Crippen molar-refractivity contribution in [3.63, 3.8) is 0 Å². The minimum Gasteiger partial charge on any atom is -0.285 e. The molecule has 0 saturated carbocycles.